The van der Waals surface area contributed by atoms with Crippen molar-refractivity contribution in [1.82, 2.24) is 25.4 Å². The number of pyridine rings is 1. The zero-order valence-electron chi connectivity index (χ0n) is 12.1. The molecule has 0 saturated carbocycles. The Morgan fingerprint density at radius 3 is 3.00 bits per heavy atom. The molecule has 0 atom stereocenters. The minimum atomic E-state index is -0.0785. The smallest absolute Gasteiger partial charge is 0.251 e. The van der Waals surface area contributed by atoms with Gasteiger partial charge in [-0.3, -0.25) is 14.9 Å². The van der Waals surface area contributed by atoms with Gasteiger partial charge in [0.05, 0.1) is 17.2 Å². The lowest BCUT2D eigenvalue weighted by atomic mass is 10.1. The van der Waals surface area contributed by atoms with Gasteiger partial charge in [0.2, 0.25) is 0 Å². The van der Waals surface area contributed by atoms with Crippen molar-refractivity contribution in [2.45, 2.75) is 0 Å². The third kappa shape index (κ3) is 2.71. The van der Waals surface area contributed by atoms with Crippen molar-refractivity contribution >= 4 is 27.7 Å². The highest BCUT2D eigenvalue weighted by atomic mass is 16.1. The van der Waals surface area contributed by atoms with E-state index in [1.54, 1.807) is 18.5 Å². The van der Waals surface area contributed by atoms with Crippen LogP contribution in [0.5, 0.6) is 0 Å². The first kappa shape index (κ1) is 13.5. The van der Waals surface area contributed by atoms with Crippen LogP contribution in [0.15, 0.2) is 30.6 Å². The van der Waals surface area contributed by atoms with Gasteiger partial charge in [0, 0.05) is 35.6 Å². The van der Waals surface area contributed by atoms with Gasteiger partial charge < -0.3 is 10.2 Å². The van der Waals surface area contributed by atoms with E-state index in [0.717, 1.165) is 28.4 Å². The largest absolute Gasteiger partial charge is 0.351 e. The molecule has 1 amide bonds. The molecule has 0 saturated heterocycles. The summed E-state index contributed by atoms with van der Waals surface area (Å²) in [6, 6.07) is 5.53. The van der Waals surface area contributed by atoms with Crippen LogP contribution in [0, 0.1) is 0 Å². The number of aromatic nitrogens is 3. The Hall–Kier alpha value is -2.47. The van der Waals surface area contributed by atoms with E-state index in [2.05, 4.69) is 20.5 Å². The van der Waals surface area contributed by atoms with E-state index in [9.17, 15) is 4.79 Å². The van der Waals surface area contributed by atoms with E-state index in [1.807, 2.05) is 31.1 Å². The molecule has 0 spiro atoms. The molecule has 0 aliphatic heterocycles. The fraction of sp³-hybridized carbons (Fsp3) is 0.267. The lowest BCUT2D eigenvalue weighted by Crippen LogP contribution is -2.31. The number of nitrogens with one attached hydrogen (secondary N) is 2. The second-order valence-electron chi connectivity index (χ2n) is 5.25. The van der Waals surface area contributed by atoms with Crippen LogP contribution in [0.4, 0.5) is 0 Å². The summed E-state index contributed by atoms with van der Waals surface area (Å²) in [5.74, 6) is -0.0785. The number of carbonyl (C=O) groups excluding carboxylic acids is 1. The van der Waals surface area contributed by atoms with Crippen molar-refractivity contribution in [3.05, 3.63) is 36.2 Å². The van der Waals surface area contributed by atoms with Gasteiger partial charge in [-0.15, -0.1) is 0 Å². The third-order valence-corrected chi connectivity index (χ3v) is 3.39. The quantitative estimate of drug-likeness (QED) is 0.759. The summed E-state index contributed by atoms with van der Waals surface area (Å²) in [6.07, 6.45) is 3.50. The highest BCUT2D eigenvalue weighted by Gasteiger charge is 2.09. The number of hydrogen-bond acceptors (Lipinski definition) is 4. The van der Waals surface area contributed by atoms with Crippen LogP contribution in [-0.2, 0) is 0 Å². The van der Waals surface area contributed by atoms with Gasteiger partial charge in [-0.25, -0.2) is 0 Å². The second-order valence-corrected chi connectivity index (χ2v) is 5.25. The van der Waals surface area contributed by atoms with E-state index in [0.29, 0.717) is 12.1 Å². The molecular weight excluding hydrogens is 266 g/mol. The molecule has 2 heterocycles. The molecule has 0 bridgehead atoms. The summed E-state index contributed by atoms with van der Waals surface area (Å²) < 4.78 is 0. The molecule has 2 aromatic heterocycles. The number of fused-ring (bicyclic) bond motifs is 3. The van der Waals surface area contributed by atoms with E-state index in [4.69, 9.17) is 0 Å². The first-order valence-electron chi connectivity index (χ1n) is 6.80. The van der Waals surface area contributed by atoms with Gasteiger partial charge in [-0.1, -0.05) is 0 Å². The van der Waals surface area contributed by atoms with Gasteiger partial charge in [0.15, 0.2) is 0 Å². The van der Waals surface area contributed by atoms with Crippen LogP contribution >= 0.6 is 0 Å². The average molecular weight is 283 g/mol. The van der Waals surface area contributed by atoms with Crippen LogP contribution in [0.2, 0.25) is 0 Å². The van der Waals surface area contributed by atoms with Gasteiger partial charge in [-0.2, -0.15) is 5.10 Å². The molecule has 2 N–H and O–H groups in total. The summed E-state index contributed by atoms with van der Waals surface area (Å²) in [6.45, 7) is 1.43. The van der Waals surface area contributed by atoms with Gasteiger partial charge in [0.25, 0.3) is 5.91 Å². The molecule has 0 radical (unpaired) electrons. The summed E-state index contributed by atoms with van der Waals surface area (Å²) in [7, 11) is 3.95. The van der Waals surface area contributed by atoms with Crippen molar-refractivity contribution in [3.63, 3.8) is 0 Å². The molecule has 0 aliphatic rings. The molecular formula is C15H17N5O. The van der Waals surface area contributed by atoms with E-state index < -0.39 is 0 Å². The predicted octanol–water partition coefficient (Wildman–Crippen LogP) is 1.40. The molecule has 6 heteroatoms. The topological polar surface area (TPSA) is 73.9 Å². The number of amides is 1. The molecule has 6 nitrogen and oxygen atoms in total. The fourth-order valence-corrected chi connectivity index (χ4v) is 2.23. The molecule has 0 aliphatic carbocycles. The maximum atomic E-state index is 12.1. The molecule has 108 valence electrons. The number of carbonyl (C=O) groups is 1. The van der Waals surface area contributed by atoms with Crippen molar-refractivity contribution in [2.24, 2.45) is 0 Å². The highest BCUT2D eigenvalue weighted by Crippen LogP contribution is 2.22. The van der Waals surface area contributed by atoms with Crippen molar-refractivity contribution < 1.29 is 4.79 Å². The van der Waals surface area contributed by atoms with Crippen molar-refractivity contribution in [2.75, 3.05) is 27.2 Å². The van der Waals surface area contributed by atoms with Crippen LogP contribution in [0.1, 0.15) is 10.4 Å². The minimum absolute atomic E-state index is 0.0785. The number of rotatable bonds is 4. The fourth-order valence-electron chi connectivity index (χ4n) is 2.23. The van der Waals surface area contributed by atoms with Crippen LogP contribution in [-0.4, -0.2) is 53.2 Å². The SMILES string of the molecule is CN(C)CCNC(=O)c1ccc2c(c1)ncc1cn[nH]c12. The second kappa shape index (κ2) is 5.49. The summed E-state index contributed by atoms with van der Waals surface area (Å²) in [5.41, 5.74) is 2.35. The number of nitrogens with zero attached hydrogens (tertiary/aromatic N) is 3. The molecule has 0 fully saturated rings. The number of aromatic amines is 1. The highest BCUT2D eigenvalue weighted by molar-refractivity contribution is 6.05. The number of hydrogen-bond donors (Lipinski definition) is 2. The predicted molar refractivity (Wildman–Crippen MR) is 82.3 cm³/mol. The van der Waals surface area contributed by atoms with Gasteiger partial charge in [0.1, 0.15) is 0 Å². The first-order chi connectivity index (χ1) is 10.1. The Morgan fingerprint density at radius 1 is 1.33 bits per heavy atom. The Labute approximate surface area is 122 Å². The molecule has 3 rings (SSSR count). The standard InChI is InChI=1S/C15H17N5O/c1-20(2)6-5-16-15(21)10-3-4-12-13(7-10)17-8-11-9-18-19-14(11)12/h3-4,7-9H,5-6H2,1-2H3,(H,16,21)(H,18,19). The lowest BCUT2D eigenvalue weighted by molar-refractivity contribution is 0.0951. The summed E-state index contributed by atoms with van der Waals surface area (Å²) in [4.78, 5) is 18.5. The van der Waals surface area contributed by atoms with Crippen LogP contribution in [0.25, 0.3) is 21.8 Å². The Balaban J connectivity index is 1.87. The molecule has 0 unspecified atom stereocenters. The Kier molecular flexibility index (Phi) is 3.53. The number of likely N-dealkylation sites (N-methyl/N-ethyl adjacent to an activating group) is 1. The van der Waals surface area contributed by atoms with E-state index >= 15 is 0 Å². The Bertz CT molecular complexity index is 793. The van der Waals surface area contributed by atoms with Gasteiger partial charge >= 0.3 is 0 Å². The van der Waals surface area contributed by atoms with E-state index in [-0.39, 0.29) is 5.91 Å². The monoisotopic (exact) mass is 283 g/mol. The minimum Gasteiger partial charge on any atom is -0.351 e. The average Bonchev–Trinajstić information content (AvgIpc) is 2.94. The summed E-state index contributed by atoms with van der Waals surface area (Å²) >= 11 is 0. The molecule has 21 heavy (non-hydrogen) atoms. The third-order valence-electron chi connectivity index (χ3n) is 3.39. The number of benzene rings is 1. The zero-order valence-corrected chi connectivity index (χ0v) is 12.1. The summed E-state index contributed by atoms with van der Waals surface area (Å²) in [5, 5.41) is 11.8. The maximum absolute atomic E-state index is 12.1. The number of H-pyrrole nitrogens is 1. The van der Waals surface area contributed by atoms with E-state index in [1.165, 1.54) is 0 Å². The van der Waals surface area contributed by atoms with Crippen molar-refractivity contribution in [3.8, 4) is 0 Å². The van der Waals surface area contributed by atoms with Crippen LogP contribution < -0.4 is 5.32 Å². The van der Waals surface area contributed by atoms with Crippen molar-refractivity contribution in [1.29, 1.82) is 0 Å². The van der Waals surface area contributed by atoms with Gasteiger partial charge in [-0.05, 0) is 32.3 Å². The Morgan fingerprint density at radius 2 is 2.19 bits per heavy atom. The molecule has 1 aromatic carbocycles. The zero-order chi connectivity index (χ0) is 14.8. The normalized spacial score (nSPS) is 11.4. The molecule has 3 aromatic rings. The first-order valence-corrected chi connectivity index (χ1v) is 6.80. The van der Waals surface area contributed by atoms with Crippen LogP contribution in [0.3, 0.4) is 0 Å². The lowest BCUT2D eigenvalue weighted by Gasteiger charge is -2.10. The maximum Gasteiger partial charge on any atom is 0.251 e.